The van der Waals surface area contributed by atoms with Crippen LogP contribution in [0.1, 0.15) is 17.2 Å². The Kier molecular flexibility index (Phi) is 1.51. The van der Waals surface area contributed by atoms with Gasteiger partial charge in [-0.3, -0.25) is 0 Å². The van der Waals surface area contributed by atoms with Crippen molar-refractivity contribution in [3.05, 3.63) is 42.0 Å². The molecule has 0 saturated carbocycles. The molecule has 0 aliphatic carbocycles. The van der Waals surface area contributed by atoms with Crippen molar-refractivity contribution in [3.63, 3.8) is 0 Å². The molecule has 1 atom stereocenters. The molecule has 1 aliphatic rings. The van der Waals surface area contributed by atoms with Crippen LogP contribution in [0.2, 0.25) is 0 Å². The second-order valence-corrected chi connectivity index (χ2v) is 2.69. The van der Waals surface area contributed by atoms with E-state index in [0.717, 1.165) is 12.2 Å². The summed E-state index contributed by atoms with van der Waals surface area (Å²) in [5.41, 5.74) is 2.44. The van der Waals surface area contributed by atoms with Crippen LogP contribution >= 0.6 is 0 Å². The van der Waals surface area contributed by atoms with E-state index in [1.165, 1.54) is 5.56 Å². The molecule has 56 valence electrons. The third-order valence-electron chi connectivity index (χ3n) is 1.88. The minimum absolute atomic E-state index is 0.369. The fraction of sp³-hybridized carbons (Fsp3) is 0.200. The maximum absolute atomic E-state index is 5.14. The summed E-state index contributed by atoms with van der Waals surface area (Å²) in [6.45, 7) is 4.57. The van der Waals surface area contributed by atoms with Crippen molar-refractivity contribution >= 4 is 6.08 Å². The average Bonchev–Trinajstić information content (AvgIpc) is 2.87. The van der Waals surface area contributed by atoms with Crippen LogP contribution in [0.15, 0.2) is 30.8 Å². The predicted molar refractivity (Wildman–Crippen MR) is 45.2 cm³/mol. The first-order chi connectivity index (χ1) is 5.40. The maximum Gasteiger partial charge on any atom is 0.106 e. The Bertz CT molecular complexity index is 257. The quantitative estimate of drug-likeness (QED) is 0.584. The molecule has 2 rings (SSSR count). The number of hydrogen-bond donors (Lipinski definition) is 0. The van der Waals surface area contributed by atoms with Gasteiger partial charge in [-0.05, 0) is 11.1 Å². The van der Waals surface area contributed by atoms with E-state index in [0.29, 0.717) is 6.10 Å². The highest BCUT2D eigenvalue weighted by molar-refractivity contribution is 5.47. The summed E-state index contributed by atoms with van der Waals surface area (Å²) in [5, 5.41) is 0. The van der Waals surface area contributed by atoms with E-state index in [1.807, 2.05) is 6.08 Å². The van der Waals surface area contributed by atoms with Crippen molar-refractivity contribution in [2.24, 2.45) is 0 Å². The van der Waals surface area contributed by atoms with Gasteiger partial charge in [0.15, 0.2) is 0 Å². The fourth-order valence-electron chi connectivity index (χ4n) is 1.09. The van der Waals surface area contributed by atoms with E-state index in [2.05, 4.69) is 30.8 Å². The molecule has 0 aromatic heterocycles. The Morgan fingerprint density at radius 1 is 1.36 bits per heavy atom. The highest BCUT2D eigenvalue weighted by Crippen LogP contribution is 2.29. The minimum atomic E-state index is 0.369. The largest absolute Gasteiger partial charge is 0.368 e. The SMILES string of the molecule is C=Cc1ccc([C@@H]2CO2)cc1. The van der Waals surface area contributed by atoms with Crippen molar-refractivity contribution in [1.82, 2.24) is 0 Å². The fourth-order valence-corrected chi connectivity index (χ4v) is 1.09. The first-order valence-corrected chi connectivity index (χ1v) is 3.74. The maximum atomic E-state index is 5.14. The molecule has 1 fully saturated rings. The van der Waals surface area contributed by atoms with Gasteiger partial charge in [0.05, 0.1) is 6.61 Å². The van der Waals surface area contributed by atoms with E-state index in [-0.39, 0.29) is 0 Å². The smallest absolute Gasteiger partial charge is 0.106 e. The summed E-state index contributed by atoms with van der Waals surface area (Å²) in [5.74, 6) is 0. The van der Waals surface area contributed by atoms with Crippen LogP contribution in [-0.2, 0) is 4.74 Å². The molecular formula is C10H10O. The molecule has 1 nitrogen and oxygen atoms in total. The first kappa shape index (κ1) is 6.62. The van der Waals surface area contributed by atoms with Crippen LogP contribution in [0.5, 0.6) is 0 Å². The highest BCUT2D eigenvalue weighted by Gasteiger charge is 2.23. The topological polar surface area (TPSA) is 12.5 Å². The zero-order chi connectivity index (χ0) is 7.68. The molecule has 0 unspecified atom stereocenters. The Hall–Kier alpha value is -1.08. The van der Waals surface area contributed by atoms with Crippen LogP contribution in [0, 0.1) is 0 Å². The number of ether oxygens (including phenoxy) is 1. The van der Waals surface area contributed by atoms with Gasteiger partial charge in [-0.25, -0.2) is 0 Å². The molecule has 0 spiro atoms. The minimum Gasteiger partial charge on any atom is -0.368 e. The third kappa shape index (κ3) is 1.33. The molecule has 1 heterocycles. The van der Waals surface area contributed by atoms with Crippen LogP contribution in [0.25, 0.3) is 6.08 Å². The van der Waals surface area contributed by atoms with Gasteiger partial charge >= 0.3 is 0 Å². The number of epoxide rings is 1. The second kappa shape index (κ2) is 2.51. The molecule has 0 radical (unpaired) electrons. The van der Waals surface area contributed by atoms with Crippen LogP contribution in [0.3, 0.4) is 0 Å². The van der Waals surface area contributed by atoms with Crippen molar-refractivity contribution in [2.45, 2.75) is 6.10 Å². The van der Waals surface area contributed by atoms with Crippen molar-refractivity contribution in [1.29, 1.82) is 0 Å². The number of benzene rings is 1. The lowest BCUT2D eigenvalue weighted by atomic mass is 10.1. The summed E-state index contributed by atoms with van der Waals surface area (Å²) < 4.78 is 5.14. The summed E-state index contributed by atoms with van der Waals surface area (Å²) in [4.78, 5) is 0. The molecule has 0 bridgehead atoms. The van der Waals surface area contributed by atoms with Gasteiger partial charge in [0.2, 0.25) is 0 Å². The molecule has 11 heavy (non-hydrogen) atoms. The van der Waals surface area contributed by atoms with Gasteiger partial charge in [-0.2, -0.15) is 0 Å². The molecule has 0 N–H and O–H groups in total. The van der Waals surface area contributed by atoms with Crippen molar-refractivity contribution in [2.75, 3.05) is 6.61 Å². The van der Waals surface area contributed by atoms with E-state index in [4.69, 9.17) is 4.74 Å². The normalized spacial score (nSPS) is 21.3. The zero-order valence-corrected chi connectivity index (χ0v) is 6.29. The van der Waals surface area contributed by atoms with Crippen molar-refractivity contribution in [3.8, 4) is 0 Å². The lowest BCUT2D eigenvalue weighted by molar-refractivity contribution is 0.415. The van der Waals surface area contributed by atoms with Gasteiger partial charge in [0, 0.05) is 0 Å². The summed E-state index contributed by atoms with van der Waals surface area (Å²) in [6.07, 6.45) is 2.21. The van der Waals surface area contributed by atoms with Crippen LogP contribution in [0.4, 0.5) is 0 Å². The second-order valence-electron chi connectivity index (χ2n) is 2.69. The first-order valence-electron chi connectivity index (χ1n) is 3.74. The van der Waals surface area contributed by atoms with E-state index in [9.17, 15) is 0 Å². The molecule has 1 aliphatic heterocycles. The molecular weight excluding hydrogens is 136 g/mol. The summed E-state index contributed by atoms with van der Waals surface area (Å²) >= 11 is 0. The highest BCUT2D eigenvalue weighted by atomic mass is 16.6. The summed E-state index contributed by atoms with van der Waals surface area (Å²) in [7, 11) is 0. The Morgan fingerprint density at radius 3 is 2.45 bits per heavy atom. The Labute approximate surface area is 66.3 Å². The van der Waals surface area contributed by atoms with Gasteiger partial charge in [0.25, 0.3) is 0 Å². The van der Waals surface area contributed by atoms with Crippen LogP contribution < -0.4 is 0 Å². The summed E-state index contributed by atoms with van der Waals surface area (Å²) in [6, 6.07) is 8.30. The molecule has 1 aromatic carbocycles. The average molecular weight is 146 g/mol. The molecule has 1 saturated heterocycles. The lowest BCUT2D eigenvalue weighted by Gasteiger charge is -1.95. The van der Waals surface area contributed by atoms with E-state index in [1.54, 1.807) is 0 Å². The monoisotopic (exact) mass is 146 g/mol. The lowest BCUT2D eigenvalue weighted by Crippen LogP contribution is -1.79. The van der Waals surface area contributed by atoms with E-state index < -0.39 is 0 Å². The van der Waals surface area contributed by atoms with Gasteiger partial charge in [-0.1, -0.05) is 36.9 Å². The molecule has 0 amide bonds. The van der Waals surface area contributed by atoms with Gasteiger partial charge in [0.1, 0.15) is 6.10 Å². The van der Waals surface area contributed by atoms with Crippen molar-refractivity contribution < 1.29 is 4.74 Å². The predicted octanol–water partition coefficient (Wildman–Crippen LogP) is 2.40. The third-order valence-corrected chi connectivity index (χ3v) is 1.88. The number of rotatable bonds is 2. The Balaban J connectivity index is 2.25. The van der Waals surface area contributed by atoms with E-state index >= 15 is 0 Å². The van der Waals surface area contributed by atoms with Gasteiger partial charge < -0.3 is 4.74 Å². The molecule has 1 aromatic rings. The zero-order valence-electron chi connectivity index (χ0n) is 6.29. The van der Waals surface area contributed by atoms with Crippen LogP contribution in [-0.4, -0.2) is 6.61 Å². The van der Waals surface area contributed by atoms with Gasteiger partial charge in [-0.15, -0.1) is 0 Å². The Morgan fingerprint density at radius 2 is 2.00 bits per heavy atom. The number of hydrogen-bond acceptors (Lipinski definition) is 1. The standard InChI is InChI=1S/C10H10O/c1-2-8-3-5-9(6-4-8)10-7-11-10/h2-6,10H,1,7H2/t10-/m0/s1. The molecule has 1 heteroatoms.